The highest BCUT2D eigenvalue weighted by atomic mass is 19.1. The van der Waals surface area contributed by atoms with Gasteiger partial charge in [0.15, 0.2) is 6.10 Å². The maximum absolute atomic E-state index is 13.8. The van der Waals surface area contributed by atoms with Gasteiger partial charge in [0.05, 0.1) is 0 Å². The van der Waals surface area contributed by atoms with Crippen LogP contribution in [0.4, 0.5) is 4.39 Å². The number of rotatable bonds is 8. The number of hydrogen-bond acceptors (Lipinski definition) is 3. The lowest BCUT2D eigenvalue weighted by Gasteiger charge is -2.34. The summed E-state index contributed by atoms with van der Waals surface area (Å²) in [6.07, 6.45) is 2.36. The van der Waals surface area contributed by atoms with Crippen LogP contribution in [0, 0.1) is 11.7 Å². The molecule has 5 heteroatoms. The van der Waals surface area contributed by atoms with E-state index >= 15 is 0 Å². The Morgan fingerprint density at radius 3 is 2.48 bits per heavy atom. The van der Waals surface area contributed by atoms with E-state index in [2.05, 4.69) is 4.90 Å². The van der Waals surface area contributed by atoms with E-state index in [0.717, 1.165) is 51.0 Å². The second kappa shape index (κ2) is 10.4. The molecule has 0 spiro atoms. The minimum absolute atomic E-state index is 0.0100. The molecule has 1 aliphatic rings. The Labute approximate surface area is 173 Å². The van der Waals surface area contributed by atoms with Crippen LogP contribution in [0.5, 0.6) is 5.75 Å². The number of para-hydroxylation sites is 1. The van der Waals surface area contributed by atoms with Gasteiger partial charge in [0.2, 0.25) is 0 Å². The van der Waals surface area contributed by atoms with Crippen LogP contribution < -0.4 is 4.74 Å². The van der Waals surface area contributed by atoms with E-state index in [0.29, 0.717) is 11.7 Å². The molecule has 2 aromatic rings. The number of nitrogens with zero attached hydrogens (tertiary/aromatic N) is 2. The van der Waals surface area contributed by atoms with Gasteiger partial charge < -0.3 is 14.5 Å². The summed E-state index contributed by atoms with van der Waals surface area (Å²) in [5.41, 5.74) is 0.785. The zero-order valence-electron chi connectivity index (χ0n) is 17.4. The molecule has 1 saturated heterocycles. The quantitative estimate of drug-likeness (QED) is 0.674. The summed E-state index contributed by atoms with van der Waals surface area (Å²) in [4.78, 5) is 16.8. The molecule has 4 nitrogen and oxygen atoms in total. The fourth-order valence-corrected chi connectivity index (χ4v) is 3.91. The molecular weight excluding hydrogens is 367 g/mol. The largest absolute Gasteiger partial charge is 0.481 e. The third-order valence-corrected chi connectivity index (χ3v) is 5.67. The van der Waals surface area contributed by atoms with Crippen molar-refractivity contribution in [2.24, 2.45) is 5.92 Å². The third-order valence-electron chi connectivity index (χ3n) is 5.67. The first kappa shape index (κ1) is 21.3. The number of amides is 1. The average molecular weight is 399 g/mol. The van der Waals surface area contributed by atoms with Crippen molar-refractivity contribution >= 4 is 5.91 Å². The molecule has 1 aliphatic heterocycles. The van der Waals surface area contributed by atoms with Crippen LogP contribution in [0.15, 0.2) is 54.6 Å². The molecule has 29 heavy (non-hydrogen) atoms. The molecule has 0 N–H and O–H groups in total. The van der Waals surface area contributed by atoms with E-state index in [1.807, 2.05) is 49.5 Å². The standard InChI is InChI=1S/C24H31FN2O2/c1-19(29-22-9-4-3-5-10-22)24(28)26(2)18-20-12-15-27(16-13-20)17-14-21-8-6-7-11-23(21)25/h3-11,19-20H,12-18H2,1-2H3. The first-order chi connectivity index (χ1) is 14.0. The van der Waals surface area contributed by atoms with E-state index in [1.54, 1.807) is 17.9 Å². The Hall–Kier alpha value is -2.40. The number of likely N-dealkylation sites (tertiary alicyclic amines) is 1. The van der Waals surface area contributed by atoms with Gasteiger partial charge in [-0.1, -0.05) is 36.4 Å². The molecule has 0 aliphatic carbocycles. The lowest BCUT2D eigenvalue weighted by molar-refractivity contribution is -0.137. The lowest BCUT2D eigenvalue weighted by atomic mass is 9.95. The number of hydrogen-bond donors (Lipinski definition) is 0. The summed E-state index contributed by atoms with van der Waals surface area (Å²) in [5.74, 6) is 1.10. The molecule has 0 bridgehead atoms. The molecule has 156 valence electrons. The molecule has 1 amide bonds. The van der Waals surface area contributed by atoms with Crippen molar-refractivity contribution in [3.63, 3.8) is 0 Å². The van der Waals surface area contributed by atoms with E-state index in [4.69, 9.17) is 4.74 Å². The van der Waals surface area contributed by atoms with E-state index in [9.17, 15) is 9.18 Å². The average Bonchev–Trinajstić information content (AvgIpc) is 2.74. The van der Waals surface area contributed by atoms with Crippen LogP contribution in [0.25, 0.3) is 0 Å². The summed E-state index contributed by atoms with van der Waals surface area (Å²) < 4.78 is 19.5. The van der Waals surface area contributed by atoms with Gasteiger partial charge in [-0.3, -0.25) is 4.79 Å². The van der Waals surface area contributed by atoms with Crippen LogP contribution in [0.2, 0.25) is 0 Å². The third kappa shape index (κ3) is 6.29. The van der Waals surface area contributed by atoms with Gasteiger partial charge in [0.1, 0.15) is 11.6 Å². The predicted molar refractivity (Wildman–Crippen MR) is 113 cm³/mol. The zero-order chi connectivity index (χ0) is 20.6. The topological polar surface area (TPSA) is 32.8 Å². The number of benzene rings is 2. The fourth-order valence-electron chi connectivity index (χ4n) is 3.91. The normalized spacial score (nSPS) is 16.4. The summed E-state index contributed by atoms with van der Waals surface area (Å²) in [6.45, 7) is 5.43. The molecule has 0 saturated carbocycles. The van der Waals surface area contributed by atoms with Crippen LogP contribution in [0.1, 0.15) is 25.3 Å². The molecule has 0 radical (unpaired) electrons. The molecule has 1 atom stereocenters. The fraction of sp³-hybridized carbons (Fsp3) is 0.458. The van der Waals surface area contributed by atoms with Gasteiger partial charge >= 0.3 is 0 Å². The van der Waals surface area contributed by atoms with Crippen LogP contribution in [-0.2, 0) is 11.2 Å². The predicted octanol–water partition coefficient (Wildman–Crippen LogP) is 4.01. The van der Waals surface area contributed by atoms with Crippen molar-refractivity contribution in [2.75, 3.05) is 33.2 Å². The van der Waals surface area contributed by atoms with Crippen molar-refractivity contribution in [2.45, 2.75) is 32.3 Å². The zero-order valence-corrected chi connectivity index (χ0v) is 17.4. The van der Waals surface area contributed by atoms with Gasteiger partial charge in [-0.2, -0.15) is 0 Å². The minimum Gasteiger partial charge on any atom is -0.481 e. The van der Waals surface area contributed by atoms with Gasteiger partial charge in [0.25, 0.3) is 5.91 Å². The molecule has 1 unspecified atom stereocenters. The van der Waals surface area contributed by atoms with E-state index < -0.39 is 6.10 Å². The van der Waals surface area contributed by atoms with Crippen LogP contribution >= 0.6 is 0 Å². The van der Waals surface area contributed by atoms with E-state index in [-0.39, 0.29) is 11.7 Å². The highest BCUT2D eigenvalue weighted by Gasteiger charge is 2.25. The molecule has 1 fully saturated rings. The molecule has 1 heterocycles. The van der Waals surface area contributed by atoms with Crippen molar-refractivity contribution in [3.8, 4) is 5.75 Å². The SMILES string of the molecule is CC(Oc1ccccc1)C(=O)N(C)CC1CCN(CCc2ccccc2F)CC1. The summed E-state index contributed by atoms with van der Waals surface area (Å²) in [7, 11) is 1.86. The van der Waals surface area contributed by atoms with Gasteiger partial charge in [-0.15, -0.1) is 0 Å². The summed E-state index contributed by atoms with van der Waals surface area (Å²) >= 11 is 0. The number of ether oxygens (including phenoxy) is 1. The van der Waals surface area contributed by atoms with Gasteiger partial charge in [-0.05, 0) is 69.0 Å². The van der Waals surface area contributed by atoms with E-state index in [1.165, 1.54) is 6.07 Å². The summed E-state index contributed by atoms with van der Waals surface area (Å²) in [6, 6.07) is 16.5. The number of carbonyl (C=O) groups is 1. The Morgan fingerprint density at radius 2 is 1.79 bits per heavy atom. The van der Waals surface area contributed by atoms with Crippen molar-refractivity contribution in [1.29, 1.82) is 0 Å². The molecule has 0 aromatic heterocycles. The smallest absolute Gasteiger partial charge is 0.263 e. The van der Waals surface area contributed by atoms with Gasteiger partial charge in [-0.25, -0.2) is 4.39 Å². The summed E-state index contributed by atoms with van der Waals surface area (Å²) in [5, 5.41) is 0. The highest BCUT2D eigenvalue weighted by molar-refractivity contribution is 5.80. The Bertz CT molecular complexity index is 775. The van der Waals surface area contributed by atoms with Crippen molar-refractivity contribution in [3.05, 3.63) is 66.0 Å². The number of likely N-dealkylation sites (N-methyl/N-ethyl adjacent to an activating group) is 1. The lowest BCUT2D eigenvalue weighted by Crippen LogP contribution is -2.43. The molecule has 3 rings (SSSR count). The van der Waals surface area contributed by atoms with Crippen LogP contribution in [-0.4, -0.2) is 55.0 Å². The number of carbonyl (C=O) groups excluding carboxylic acids is 1. The number of halogens is 1. The molecule has 2 aromatic carbocycles. The maximum atomic E-state index is 13.8. The first-order valence-corrected chi connectivity index (χ1v) is 10.5. The maximum Gasteiger partial charge on any atom is 0.263 e. The number of piperidine rings is 1. The van der Waals surface area contributed by atoms with Crippen molar-refractivity contribution in [1.82, 2.24) is 9.80 Å². The minimum atomic E-state index is -0.497. The Balaban J connectivity index is 1.39. The first-order valence-electron chi connectivity index (χ1n) is 10.5. The molecular formula is C24H31FN2O2. The second-order valence-electron chi connectivity index (χ2n) is 7.92. The highest BCUT2D eigenvalue weighted by Crippen LogP contribution is 2.20. The Kier molecular flexibility index (Phi) is 7.64. The van der Waals surface area contributed by atoms with Crippen LogP contribution in [0.3, 0.4) is 0 Å². The Morgan fingerprint density at radius 1 is 1.14 bits per heavy atom. The van der Waals surface area contributed by atoms with Crippen molar-refractivity contribution < 1.29 is 13.9 Å². The monoisotopic (exact) mass is 398 g/mol. The van der Waals surface area contributed by atoms with Gasteiger partial charge in [0, 0.05) is 20.1 Å². The second-order valence-corrected chi connectivity index (χ2v) is 7.92.